The Kier molecular flexibility index (Phi) is 3.86. The van der Waals surface area contributed by atoms with Gasteiger partial charge in [-0.3, -0.25) is 5.10 Å². The van der Waals surface area contributed by atoms with Gasteiger partial charge in [0.25, 0.3) is 0 Å². The number of aromatic nitrogens is 2. The first kappa shape index (κ1) is 12.3. The van der Waals surface area contributed by atoms with Crippen LogP contribution in [-0.4, -0.2) is 10.2 Å². The lowest BCUT2D eigenvalue weighted by molar-refractivity contribution is 1.08. The molecule has 0 aliphatic heterocycles. The standard InChI is InChI=1S/C8H4BrCl2N3S2/c9-3-1-2-4(6(11)5(3)10)12-7-13-14-8(15)16-7/h1-2H,(H,12,13)(H,14,15). The molecule has 0 saturated carbocycles. The summed E-state index contributed by atoms with van der Waals surface area (Å²) >= 11 is 21.6. The molecule has 0 saturated heterocycles. The molecule has 0 unspecified atom stereocenters. The van der Waals surface area contributed by atoms with E-state index in [0.717, 1.165) is 4.47 Å². The Morgan fingerprint density at radius 2 is 2.12 bits per heavy atom. The van der Waals surface area contributed by atoms with Crippen molar-refractivity contribution in [2.45, 2.75) is 0 Å². The summed E-state index contributed by atoms with van der Waals surface area (Å²) in [4.78, 5) is 0. The van der Waals surface area contributed by atoms with Gasteiger partial charge in [-0.2, -0.15) is 0 Å². The second kappa shape index (κ2) is 5.01. The van der Waals surface area contributed by atoms with Crippen molar-refractivity contribution in [1.29, 1.82) is 0 Å². The van der Waals surface area contributed by atoms with Crippen LogP contribution < -0.4 is 5.32 Å². The van der Waals surface area contributed by atoms with Crippen molar-refractivity contribution in [3.8, 4) is 0 Å². The monoisotopic (exact) mass is 355 g/mol. The van der Waals surface area contributed by atoms with Crippen molar-refractivity contribution in [1.82, 2.24) is 10.2 Å². The maximum atomic E-state index is 6.07. The SMILES string of the molecule is S=c1[nH]nc(Nc2ccc(Br)c(Cl)c2Cl)s1. The van der Waals surface area contributed by atoms with E-state index in [4.69, 9.17) is 35.4 Å². The summed E-state index contributed by atoms with van der Waals surface area (Å²) < 4.78 is 1.35. The number of rotatable bonds is 2. The van der Waals surface area contributed by atoms with Gasteiger partial charge in [-0.15, -0.1) is 5.10 Å². The van der Waals surface area contributed by atoms with Crippen LogP contribution in [0.15, 0.2) is 16.6 Å². The summed E-state index contributed by atoms with van der Waals surface area (Å²) in [7, 11) is 0. The molecule has 0 atom stereocenters. The smallest absolute Gasteiger partial charge is 0.208 e. The van der Waals surface area contributed by atoms with Crippen molar-refractivity contribution in [2.24, 2.45) is 0 Å². The number of anilines is 2. The fourth-order valence-electron chi connectivity index (χ4n) is 1.02. The summed E-state index contributed by atoms with van der Waals surface area (Å²) in [6.45, 7) is 0. The van der Waals surface area contributed by atoms with E-state index in [-0.39, 0.29) is 0 Å². The molecule has 1 heterocycles. The lowest BCUT2D eigenvalue weighted by atomic mass is 10.3. The van der Waals surface area contributed by atoms with E-state index in [1.54, 1.807) is 0 Å². The minimum absolute atomic E-state index is 0.442. The Morgan fingerprint density at radius 3 is 2.75 bits per heavy atom. The summed E-state index contributed by atoms with van der Waals surface area (Å²) in [5.74, 6) is 0. The molecule has 2 aromatic rings. The van der Waals surface area contributed by atoms with Crippen LogP contribution in [0.3, 0.4) is 0 Å². The summed E-state index contributed by atoms with van der Waals surface area (Å²) in [6.07, 6.45) is 0. The third-order valence-electron chi connectivity index (χ3n) is 1.71. The average Bonchev–Trinajstić information content (AvgIpc) is 2.65. The summed E-state index contributed by atoms with van der Waals surface area (Å²) in [5, 5.41) is 11.2. The quantitative estimate of drug-likeness (QED) is 0.586. The molecule has 16 heavy (non-hydrogen) atoms. The molecule has 0 aliphatic rings. The Hall–Kier alpha value is -0.140. The fourth-order valence-corrected chi connectivity index (χ4v) is 2.64. The first-order valence-electron chi connectivity index (χ1n) is 4.04. The van der Waals surface area contributed by atoms with E-state index in [2.05, 4.69) is 31.4 Å². The molecule has 3 nitrogen and oxygen atoms in total. The highest BCUT2D eigenvalue weighted by Gasteiger charge is 2.09. The van der Waals surface area contributed by atoms with Gasteiger partial charge in [0.05, 0.1) is 15.7 Å². The highest BCUT2D eigenvalue weighted by molar-refractivity contribution is 9.10. The van der Waals surface area contributed by atoms with Crippen LogP contribution in [0, 0.1) is 3.95 Å². The van der Waals surface area contributed by atoms with Gasteiger partial charge in [-0.25, -0.2) is 0 Å². The predicted octanol–water partition coefficient (Wildman–Crippen LogP) is 5.01. The van der Waals surface area contributed by atoms with Crippen LogP contribution in [0.25, 0.3) is 0 Å². The number of hydrogen-bond donors (Lipinski definition) is 2. The van der Waals surface area contributed by atoms with E-state index < -0.39 is 0 Å². The van der Waals surface area contributed by atoms with Gasteiger partial charge in [0.2, 0.25) is 5.13 Å². The Labute approximate surface area is 119 Å². The van der Waals surface area contributed by atoms with Gasteiger partial charge < -0.3 is 5.32 Å². The molecule has 0 aliphatic carbocycles. The lowest BCUT2D eigenvalue weighted by Crippen LogP contribution is -1.91. The van der Waals surface area contributed by atoms with E-state index in [0.29, 0.717) is 24.8 Å². The highest BCUT2D eigenvalue weighted by atomic mass is 79.9. The largest absolute Gasteiger partial charge is 0.329 e. The number of aromatic amines is 1. The van der Waals surface area contributed by atoms with Gasteiger partial charge in [0.1, 0.15) is 0 Å². The van der Waals surface area contributed by atoms with Gasteiger partial charge in [-0.05, 0) is 40.3 Å². The normalized spacial score (nSPS) is 10.4. The van der Waals surface area contributed by atoms with E-state index in [9.17, 15) is 0 Å². The number of hydrogen-bond acceptors (Lipinski definition) is 4. The molecule has 0 amide bonds. The molecular weight excluding hydrogens is 353 g/mol. The average molecular weight is 357 g/mol. The molecule has 2 rings (SSSR count). The van der Waals surface area contributed by atoms with E-state index >= 15 is 0 Å². The zero-order valence-electron chi connectivity index (χ0n) is 7.55. The number of nitrogens with one attached hydrogen (secondary N) is 2. The Morgan fingerprint density at radius 1 is 1.38 bits per heavy atom. The third kappa shape index (κ3) is 2.57. The maximum Gasteiger partial charge on any atom is 0.208 e. The lowest BCUT2D eigenvalue weighted by Gasteiger charge is -2.07. The Bertz CT molecular complexity index is 581. The molecule has 0 spiro atoms. The van der Waals surface area contributed by atoms with Crippen LogP contribution in [-0.2, 0) is 0 Å². The molecular formula is C8H4BrCl2N3S2. The fraction of sp³-hybridized carbons (Fsp3) is 0. The molecule has 1 aromatic carbocycles. The van der Waals surface area contributed by atoms with Crippen LogP contribution in [0.1, 0.15) is 0 Å². The zero-order valence-corrected chi connectivity index (χ0v) is 12.3. The third-order valence-corrected chi connectivity index (χ3v) is 4.49. The summed E-state index contributed by atoms with van der Waals surface area (Å²) in [6, 6.07) is 3.62. The maximum absolute atomic E-state index is 6.07. The van der Waals surface area contributed by atoms with Crippen molar-refractivity contribution in [3.63, 3.8) is 0 Å². The van der Waals surface area contributed by atoms with Crippen molar-refractivity contribution < 1.29 is 0 Å². The van der Waals surface area contributed by atoms with Gasteiger partial charge in [0, 0.05) is 4.47 Å². The molecule has 2 N–H and O–H groups in total. The van der Waals surface area contributed by atoms with Crippen LogP contribution in [0.5, 0.6) is 0 Å². The van der Waals surface area contributed by atoms with Crippen molar-refractivity contribution in [3.05, 3.63) is 30.6 Å². The van der Waals surface area contributed by atoms with Gasteiger partial charge in [-0.1, -0.05) is 34.5 Å². The number of halogens is 3. The molecule has 0 bridgehead atoms. The Balaban J connectivity index is 2.35. The van der Waals surface area contributed by atoms with Crippen LogP contribution in [0.4, 0.5) is 10.8 Å². The molecule has 0 radical (unpaired) electrons. The van der Waals surface area contributed by atoms with E-state index in [1.165, 1.54) is 11.3 Å². The van der Waals surface area contributed by atoms with Crippen molar-refractivity contribution in [2.75, 3.05) is 5.32 Å². The molecule has 8 heteroatoms. The predicted molar refractivity (Wildman–Crippen MR) is 74.7 cm³/mol. The summed E-state index contributed by atoms with van der Waals surface area (Å²) in [5.41, 5.74) is 0.688. The first-order chi connectivity index (χ1) is 7.58. The first-order valence-corrected chi connectivity index (χ1v) is 6.81. The minimum atomic E-state index is 0.442. The number of benzene rings is 1. The minimum Gasteiger partial charge on any atom is -0.329 e. The number of H-pyrrole nitrogens is 1. The van der Waals surface area contributed by atoms with Gasteiger partial charge in [0.15, 0.2) is 3.95 Å². The highest BCUT2D eigenvalue weighted by Crippen LogP contribution is 2.37. The number of nitrogens with zero attached hydrogens (tertiary/aromatic N) is 1. The van der Waals surface area contributed by atoms with Crippen molar-refractivity contribution >= 4 is 73.5 Å². The van der Waals surface area contributed by atoms with E-state index in [1.807, 2.05) is 12.1 Å². The topological polar surface area (TPSA) is 40.7 Å². The molecule has 84 valence electrons. The van der Waals surface area contributed by atoms with Gasteiger partial charge >= 0.3 is 0 Å². The van der Waals surface area contributed by atoms with Crippen LogP contribution in [0.2, 0.25) is 10.0 Å². The second-order valence-electron chi connectivity index (χ2n) is 2.77. The second-order valence-corrected chi connectivity index (χ2v) is 6.04. The molecule has 1 aromatic heterocycles. The molecule has 0 fully saturated rings. The zero-order chi connectivity index (χ0) is 11.7. The van der Waals surface area contributed by atoms with Crippen LogP contribution >= 0.6 is 62.7 Å².